The fourth-order valence-corrected chi connectivity index (χ4v) is 1.46. The van der Waals surface area contributed by atoms with Crippen molar-refractivity contribution in [3.8, 4) is 11.5 Å². The Kier molecular flexibility index (Phi) is 3.57. The van der Waals surface area contributed by atoms with Crippen molar-refractivity contribution in [2.24, 2.45) is 0 Å². The van der Waals surface area contributed by atoms with Crippen LogP contribution in [0.4, 0.5) is 0 Å². The molecule has 1 amide bonds. The summed E-state index contributed by atoms with van der Waals surface area (Å²) in [5, 5.41) is 0. The van der Waals surface area contributed by atoms with Crippen LogP contribution in [0.15, 0.2) is 48.7 Å². The van der Waals surface area contributed by atoms with Gasteiger partial charge in [0, 0.05) is 20.3 Å². The minimum Gasteiger partial charge on any atom is -0.455 e. The summed E-state index contributed by atoms with van der Waals surface area (Å²) < 4.78 is 5.67. The van der Waals surface area contributed by atoms with Crippen LogP contribution in [-0.4, -0.2) is 29.9 Å². The van der Waals surface area contributed by atoms with Crippen molar-refractivity contribution in [3.63, 3.8) is 0 Å². The molecule has 0 fully saturated rings. The second-order valence-corrected chi connectivity index (χ2v) is 3.96. The third kappa shape index (κ3) is 2.66. The van der Waals surface area contributed by atoms with Crippen molar-refractivity contribution in [3.05, 3.63) is 54.4 Å². The van der Waals surface area contributed by atoms with E-state index in [1.54, 1.807) is 32.4 Å². The van der Waals surface area contributed by atoms with E-state index in [4.69, 9.17) is 4.74 Å². The fourth-order valence-electron chi connectivity index (χ4n) is 1.46. The summed E-state index contributed by atoms with van der Waals surface area (Å²) >= 11 is 0. The Morgan fingerprint density at radius 1 is 1.11 bits per heavy atom. The normalized spacial score (nSPS) is 9.89. The van der Waals surface area contributed by atoms with Crippen LogP contribution in [0.1, 0.15) is 10.5 Å². The number of amides is 1. The molecule has 0 aliphatic heterocycles. The van der Waals surface area contributed by atoms with E-state index in [2.05, 4.69) is 4.98 Å². The van der Waals surface area contributed by atoms with Crippen molar-refractivity contribution in [2.75, 3.05) is 14.1 Å². The standard InChI is InChI=1S/C14H14N2O2/c1-16(2)14(17)13-12(9-6-10-15-13)18-11-7-4-3-5-8-11/h3-10H,1-2H3. The molecule has 2 aromatic rings. The van der Waals surface area contributed by atoms with Gasteiger partial charge in [0.15, 0.2) is 11.4 Å². The zero-order valence-electron chi connectivity index (χ0n) is 10.3. The topological polar surface area (TPSA) is 42.4 Å². The average Bonchev–Trinajstić information content (AvgIpc) is 2.39. The zero-order chi connectivity index (χ0) is 13.0. The van der Waals surface area contributed by atoms with Gasteiger partial charge < -0.3 is 9.64 Å². The highest BCUT2D eigenvalue weighted by Gasteiger charge is 2.16. The third-order valence-corrected chi connectivity index (χ3v) is 2.35. The quantitative estimate of drug-likeness (QED) is 0.830. The summed E-state index contributed by atoms with van der Waals surface area (Å²) in [5.74, 6) is 0.960. The number of carbonyl (C=O) groups excluding carboxylic acids is 1. The largest absolute Gasteiger partial charge is 0.455 e. The molecule has 0 unspecified atom stereocenters. The maximum absolute atomic E-state index is 11.9. The van der Waals surface area contributed by atoms with Gasteiger partial charge in [-0.05, 0) is 24.3 Å². The van der Waals surface area contributed by atoms with Gasteiger partial charge in [-0.15, -0.1) is 0 Å². The number of rotatable bonds is 3. The maximum atomic E-state index is 11.9. The van der Waals surface area contributed by atoms with Crippen LogP contribution < -0.4 is 4.74 Å². The number of hydrogen-bond donors (Lipinski definition) is 0. The lowest BCUT2D eigenvalue weighted by molar-refractivity contribution is 0.0819. The number of para-hydroxylation sites is 1. The summed E-state index contributed by atoms with van der Waals surface area (Å²) in [4.78, 5) is 17.5. The van der Waals surface area contributed by atoms with Crippen LogP contribution in [0.5, 0.6) is 11.5 Å². The highest BCUT2D eigenvalue weighted by molar-refractivity contribution is 5.94. The number of hydrogen-bond acceptors (Lipinski definition) is 3. The zero-order valence-corrected chi connectivity index (χ0v) is 10.3. The van der Waals surface area contributed by atoms with E-state index >= 15 is 0 Å². The van der Waals surface area contributed by atoms with Crippen molar-refractivity contribution >= 4 is 5.91 Å². The van der Waals surface area contributed by atoms with Gasteiger partial charge in [0.25, 0.3) is 5.91 Å². The van der Waals surface area contributed by atoms with E-state index in [-0.39, 0.29) is 5.91 Å². The SMILES string of the molecule is CN(C)C(=O)c1ncccc1Oc1ccccc1. The number of aromatic nitrogens is 1. The van der Waals surface area contributed by atoms with Gasteiger partial charge in [-0.3, -0.25) is 4.79 Å². The van der Waals surface area contributed by atoms with Gasteiger partial charge in [0.2, 0.25) is 0 Å². The molecule has 2 rings (SSSR count). The first-order chi connectivity index (χ1) is 8.68. The second kappa shape index (κ2) is 5.31. The van der Waals surface area contributed by atoms with Crippen LogP contribution in [0.3, 0.4) is 0 Å². The summed E-state index contributed by atoms with van der Waals surface area (Å²) in [6.07, 6.45) is 1.58. The molecule has 1 aromatic heterocycles. The predicted molar refractivity (Wildman–Crippen MR) is 68.8 cm³/mol. The Hall–Kier alpha value is -2.36. The lowest BCUT2D eigenvalue weighted by atomic mass is 10.3. The molecular weight excluding hydrogens is 228 g/mol. The first-order valence-corrected chi connectivity index (χ1v) is 5.58. The molecule has 0 bridgehead atoms. The fraction of sp³-hybridized carbons (Fsp3) is 0.143. The van der Waals surface area contributed by atoms with E-state index in [1.807, 2.05) is 30.3 Å². The Balaban J connectivity index is 2.31. The van der Waals surface area contributed by atoms with E-state index in [0.29, 0.717) is 17.2 Å². The minimum absolute atomic E-state index is 0.179. The van der Waals surface area contributed by atoms with Crippen LogP contribution in [0, 0.1) is 0 Å². The van der Waals surface area contributed by atoms with E-state index in [9.17, 15) is 4.79 Å². The number of benzene rings is 1. The number of pyridine rings is 1. The van der Waals surface area contributed by atoms with Gasteiger partial charge >= 0.3 is 0 Å². The van der Waals surface area contributed by atoms with Gasteiger partial charge in [-0.25, -0.2) is 4.98 Å². The molecule has 0 spiro atoms. The Morgan fingerprint density at radius 2 is 1.83 bits per heavy atom. The lowest BCUT2D eigenvalue weighted by Crippen LogP contribution is -2.23. The number of carbonyl (C=O) groups is 1. The van der Waals surface area contributed by atoms with Crippen molar-refractivity contribution < 1.29 is 9.53 Å². The van der Waals surface area contributed by atoms with E-state index in [0.717, 1.165) is 0 Å². The highest BCUT2D eigenvalue weighted by atomic mass is 16.5. The van der Waals surface area contributed by atoms with Crippen molar-refractivity contribution in [2.45, 2.75) is 0 Å². The van der Waals surface area contributed by atoms with E-state index in [1.165, 1.54) is 4.90 Å². The first kappa shape index (κ1) is 12.1. The van der Waals surface area contributed by atoms with Crippen LogP contribution in [-0.2, 0) is 0 Å². The van der Waals surface area contributed by atoms with Gasteiger partial charge in [0.1, 0.15) is 5.75 Å². The Bertz CT molecular complexity index is 539. The summed E-state index contributed by atoms with van der Waals surface area (Å²) in [6.45, 7) is 0. The summed E-state index contributed by atoms with van der Waals surface area (Å²) in [7, 11) is 3.37. The molecule has 1 heterocycles. The lowest BCUT2D eigenvalue weighted by Gasteiger charge is -2.13. The predicted octanol–water partition coefficient (Wildman–Crippen LogP) is 2.58. The average molecular weight is 242 g/mol. The number of ether oxygens (including phenoxy) is 1. The highest BCUT2D eigenvalue weighted by Crippen LogP contribution is 2.23. The molecular formula is C14H14N2O2. The van der Waals surface area contributed by atoms with Crippen molar-refractivity contribution in [1.29, 1.82) is 0 Å². The van der Waals surface area contributed by atoms with Crippen LogP contribution >= 0.6 is 0 Å². The summed E-state index contributed by atoms with van der Waals surface area (Å²) in [5.41, 5.74) is 0.311. The molecule has 1 aromatic carbocycles. The van der Waals surface area contributed by atoms with Gasteiger partial charge in [0.05, 0.1) is 0 Å². The minimum atomic E-state index is -0.179. The molecule has 92 valence electrons. The molecule has 0 saturated carbocycles. The second-order valence-electron chi connectivity index (χ2n) is 3.96. The monoisotopic (exact) mass is 242 g/mol. The van der Waals surface area contributed by atoms with Crippen molar-refractivity contribution in [1.82, 2.24) is 9.88 Å². The molecule has 18 heavy (non-hydrogen) atoms. The summed E-state index contributed by atoms with van der Waals surface area (Å²) in [6, 6.07) is 12.8. The molecule has 0 atom stereocenters. The molecule has 0 aliphatic rings. The molecule has 0 radical (unpaired) electrons. The molecule has 0 N–H and O–H groups in total. The maximum Gasteiger partial charge on any atom is 0.275 e. The molecule has 0 saturated heterocycles. The van der Waals surface area contributed by atoms with Gasteiger partial charge in [-0.1, -0.05) is 18.2 Å². The first-order valence-electron chi connectivity index (χ1n) is 5.58. The van der Waals surface area contributed by atoms with Crippen LogP contribution in [0.2, 0.25) is 0 Å². The number of nitrogens with zero attached hydrogens (tertiary/aromatic N) is 2. The van der Waals surface area contributed by atoms with Crippen LogP contribution in [0.25, 0.3) is 0 Å². The smallest absolute Gasteiger partial charge is 0.275 e. The Labute approximate surface area is 106 Å². The molecule has 4 nitrogen and oxygen atoms in total. The molecule has 0 aliphatic carbocycles. The molecule has 4 heteroatoms. The Morgan fingerprint density at radius 3 is 2.50 bits per heavy atom. The third-order valence-electron chi connectivity index (χ3n) is 2.35. The van der Waals surface area contributed by atoms with Gasteiger partial charge in [-0.2, -0.15) is 0 Å². The van der Waals surface area contributed by atoms with E-state index < -0.39 is 0 Å².